The average molecular weight is 305 g/mol. The SMILES string of the molecule is Clc1ncc(CNc2ccccc2Cn2ccnc2)s1. The van der Waals surface area contributed by atoms with Gasteiger partial charge >= 0.3 is 0 Å². The lowest BCUT2D eigenvalue weighted by Gasteiger charge is -2.11. The highest BCUT2D eigenvalue weighted by atomic mass is 35.5. The van der Waals surface area contributed by atoms with Crippen molar-refractivity contribution >= 4 is 28.6 Å². The average Bonchev–Trinajstić information content (AvgIpc) is 3.10. The molecule has 0 atom stereocenters. The first kappa shape index (κ1) is 13.1. The van der Waals surface area contributed by atoms with Gasteiger partial charge in [0.05, 0.1) is 19.4 Å². The number of anilines is 1. The van der Waals surface area contributed by atoms with E-state index in [-0.39, 0.29) is 0 Å². The topological polar surface area (TPSA) is 42.7 Å². The van der Waals surface area contributed by atoms with E-state index in [2.05, 4.69) is 27.4 Å². The molecular weight excluding hydrogens is 292 g/mol. The Morgan fingerprint density at radius 3 is 2.95 bits per heavy atom. The maximum atomic E-state index is 5.84. The van der Waals surface area contributed by atoms with Gasteiger partial charge in [-0.05, 0) is 11.6 Å². The molecule has 3 aromatic rings. The van der Waals surface area contributed by atoms with Crippen LogP contribution < -0.4 is 5.32 Å². The van der Waals surface area contributed by atoms with Crippen LogP contribution in [-0.4, -0.2) is 14.5 Å². The number of aromatic nitrogens is 3. The van der Waals surface area contributed by atoms with E-state index in [0.717, 1.165) is 23.7 Å². The Hall–Kier alpha value is -1.85. The zero-order valence-electron chi connectivity index (χ0n) is 10.7. The van der Waals surface area contributed by atoms with E-state index in [1.165, 1.54) is 16.9 Å². The fourth-order valence-corrected chi connectivity index (χ4v) is 2.87. The van der Waals surface area contributed by atoms with Crippen LogP contribution in [-0.2, 0) is 13.1 Å². The van der Waals surface area contributed by atoms with Crippen molar-refractivity contribution in [1.82, 2.24) is 14.5 Å². The molecule has 0 spiro atoms. The highest BCUT2D eigenvalue weighted by molar-refractivity contribution is 7.15. The standard InChI is InChI=1S/C14H13ClN4S/c15-14-18-8-12(20-14)7-17-13-4-2-1-3-11(13)9-19-6-5-16-10-19/h1-6,8,10,17H,7,9H2. The van der Waals surface area contributed by atoms with Crippen LogP contribution in [0.2, 0.25) is 4.47 Å². The van der Waals surface area contributed by atoms with E-state index in [4.69, 9.17) is 11.6 Å². The number of rotatable bonds is 5. The van der Waals surface area contributed by atoms with Gasteiger partial charge < -0.3 is 9.88 Å². The lowest BCUT2D eigenvalue weighted by Crippen LogP contribution is -2.04. The maximum Gasteiger partial charge on any atom is 0.183 e. The van der Waals surface area contributed by atoms with Gasteiger partial charge in [0, 0.05) is 29.2 Å². The zero-order valence-corrected chi connectivity index (χ0v) is 12.2. The molecule has 1 aromatic carbocycles. The van der Waals surface area contributed by atoms with E-state index in [0.29, 0.717) is 4.47 Å². The summed E-state index contributed by atoms with van der Waals surface area (Å²) in [6, 6.07) is 8.26. The second-order valence-corrected chi connectivity index (χ2v) is 6.02. The van der Waals surface area contributed by atoms with Crippen LogP contribution in [0.5, 0.6) is 0 Å². The van der Waals surface area contributed by atoms with Gasteiger partial charge in [0.2, 0.25) is 0 Å². The Bertz CT molecular complexity index is 678. The molecule has 102 valence electrons. The fourth-order valence-electron chi connectivity index (χ4n) is 1.96. The monoisotopic (exact) mass is 304 g/mol. The molecular formula is C14H13ClN4S. The van der Waals surface area contributed by atoms with Crippen LogP contribution in [0.4, 0.5) is 5.69 Å². The first-order valence-electron chi connectivity index (χ1n) is 6.19. The summed E-state index contributed by atoms with van der Waals surface area (Å²) in [7, 11) is 0. The van der Waals surface area contributed by atoms with Gasteiger partial charge in [-0.25, -0.2) is 9.97 Å². The quantitative estimate of drug-likeness (QED) is 0.782. The summed E-state index contributed by atoms with van der Waals surface area (Å²) in [5.74, 6) is 0. The smallest absolute Gasteiger partial charge is 0.183 e. The van der Waals surface area contributed by atoms with Crippen molar-refractivity contribution in [2.24, 2.45) is 0 Å². The van der Waals surface area contributed by atoms with Crippen molar-refractivity contribution in [2.45, 2.75) is 13.1 Å². The summed E-state index contributed by atoms with van der Waals surface area (Å²) in [6.07, 6.45) is 7.37. The highest BCUT2D eigenvalue weighted by Crippen LogP contribution is 2.21. The summed E-state index contributed by atoms with van der Waals surface area (Å²) in [5, 5.41) is 3.43. The Balaban J connectivity index is 1.72. The van der Waals surface area contributed by atoms with Crippen LogP contribution in [0, 0.1) is 0 Å². The third kappa shape index (κ3) is 3.18. The number of benzene rings is 1. The predicted molar refractivity (Wildman–Crippen MR) is 82.2 cm³/mol. The predicted octanol–water partition coefficient (Wildman–Crippen LogP) is 3.65. The van der Waals surface area contributed by atoms with Crippen molar-refractivity contribution in [3.8, 4) is 0 Å². The minimum absolute atomic E-state index is 0.577. The number of nitrogens with zero attached hydrogens (tertiary/aromatic N) is 3. The number of hydrogen-bond acceptors (Lipinski definition) is 4. The van der Waals surface area contributed by atoms with Crippen LogP contribution in [0.3, 0.4) is 0 Å². The Labute approximate surface area is 126 Å². The molecule has 0 aliphatic rings. The fraction of sp³-hybridized carbons (Fsp3) is 0.143. The first-order chi connectivity index (χ1) is 9.81. The minimum atomic E-state index is 0.577. The lowest BCUT2D eigenvalue weighted by atomic mass is 10.1. The largest absolute Gasteiger partial charge is 0.380 e. The Morgan fingerprint density at radius 1 is 1.30 bits per heavy atom. The van der Waals surface area contributed by atoms with E-state index in [9.17, 15) is 0 Å². The molecule has 1 N–H and O–H groups in total. The van der Waals surface area contributed by atoms with Crippen LogP contribution in [0.25, 0.3) is 0 Å². The molecule has 6 heteroatoms. The maximum absolute atomic E-state index is 5.84. The van der Waals surface area contributed by atoms with Crippen LogP contribution in [0.1, 0.15) is 10.4 Å². The molecule has 2 aromatic heterocycles. The van der Waals surface area contributed by atoms with Crippen molar-refractivity contribution < 1.29 is 0 Å². The minimum Gasteiger partial charge on any atom is -0.380 e. The molecule has 0 radical (unpaired) electrons. The van der Waals surface area contributed by atoms with Crippen molar-refractivity contribution in [3.05, 3.63) is 64.1 Å². The second-order valence-electron chi connectivity index (χ2n) is 4.33. The van der Waals surface area contributed by atoms with Crippen molar-refractivity contribution in [3.63, 3.8) is 0 Å². The molecule has 0 saturated heterocycles. The summed E-state index contributed by atoms with van der Waals surface area (Å²) < 4.78 is 2.62. The van der Waals surface area contributed by atoms with E-state index in [1.807, 2.05) is 29.2 Å². The molecule has 0 unspecified atom stereocenters. The van der Waals surface area contributed by atoms with Gasteiger partial charge in [-0.15, -0.1) is 11.3 Å². The first-order valence-corrected chi connectivity index (χ1v) is 7.38. The molecule has 2 heterocycles. The molecule has 4 nitrogen and oxygen atoms in total. The van der Waals surface area contributed by atoms with E-state index < -0.39 is 0 Å². The number of para-hydroxylation sites is 1. The summed E-state index contributed by atoms with van der Waals surface area (Å²) >= 11 is 7.33. The molecule has 3 rings (SSSR count). The van der Waals surface area contributed by atoms with Gasteiger partial charge in [0.1, 0.15) is 0 Å². The lowest BCUT2D eigenvalue weighted by molar-refractivity contribution is 0.797. The van der Waals surface area contributed by atoms with Gasteiger partial charge in [-0.3, -0.25) is 0 Å². The molecule has 20 heavy (non-hydrogen) atoms. The van der Waals surface area contributed by atoms with Gasteiger partial charge in [0.25, 0.3) is 0 Å². The molecule has 0 amide bonds. The number of halogens is 1. The third-order valence-corrected chi connectivity index (χ3v) is 4.02. The van der Waals surface area contributed by atoms with Crippen LogP contribution in [0.15, 0.2) is 49.2 Å². The highest BCUT2D eigenvalue weighted by Gasteiger charge is 2.04. The number of thiazole rings is 1. The van der Waals surface area contributed by atoms with Gasteiger partial charge in [-0.1, -0.05) is 29.8 Å². The van der Waals surface area contributed by atoms with E-state index >= 15 is 0 Å². The van der Waals surface area contributed by atoms with Crippen LogP contribution >= 0.6 is 22.9 Å². The zero-order chi connectivity index (χ0) is 13.8. The molecule has 0 bridgehead atoms. The van der Waals surface area contributed by atoms with E-state index in [1.54, 1.807) is 12.4 Å². The molecule has 0 aliphatic heterocycles. The van der Waals surface area contributed by atoms with Crippen molar-refractivity contribution in [2.75, 3.05) is 5.32 Å². The summed E-state index contributed by atoms with van der Waals surface area (Å²) in [5.41, 5.74) is 2.34. The number of imidazole rings is 1. The summed E-state index contributed by atoms with van der Waals surface area (Å²) in [4.78, 5) is 9.23. The normalized spacial score (nSPS) is 10.7. The number of hydrogen-bond donors (Lipinski definition) is 1. The van der Waals surface area contributed by atoms with Crippen molar-refractivity contribution in [1.29, 1.82) is 0 Å². The molecule has 0 saturated carbocycles. The Kier molecular flexibility index (Phi) is 3.99. The van der Waals surface area contributed by atoms with Gasteiger partial charge in [0.15, 0.2) is 4.47 Å². The third-order valence-electron chi connectivity index (χ3n) is 2.91. The second kappa shape index (κ2) is 6.07. The molecule has 0 fully saturated rings. The number of nitrogens with one attached hydrogen (secondary N) is 1. The van der Waals surface area contributed by atoms with Gasteiger partial charge in [-0.2, -0.15) is 0 Å². The molecule has 0 aliphatic carbocycles. The summed E-state index contributed by atoms with van der Waals surface area (Å²) in [6.45, 7) is 1.53. The Morgan fingerprint density at radius 2 is 2.20 bits per heavy atom.